The fourth-order valence-corrected chi connectivity index (χ4v) is 3.94. The number of hydrogen-bond acceptors (Lipinski definition) is 6. The third-order valence-electron chi connectivity index (χ3n) is 4.98. The number of halogens is 2. The van der Waals surface area contributed by atoms with Crippen molar-refractivity contribution in [1.29, 1.82) is 0 Å². The van der Waals surface area contributed by atoms with Crippen LogP contribution in [0, 0.1) is 0 Å². The van der Waals surface area contributed by atoms with Crippen molar-refractivity contribution < 1.29 is 0 Å². The molecule has 1 aliphatic carbocycles. The molecule has 1 aromatic carbocycles. The Morgan fingerprint density at radius 2 is 1.93 bits per heavy atom. The molecule has 0 unspecified atom stereocenters. The minimum Gasteiger partial charge on any atom is -0.368 e. The number of aromatic nitrogens is 4. The maximum absolute atomic E-state index is 6.50. The lowest BCUT2D eigenvalue weighted by atomic mass is 10.2. The average molecular weight is 404 g/mol. The predicted molar refractivity (Wildman–Crippen MR) is 108 cm³/mol. The Hall–Kier alpha value is -2.09. The normalized spacial score (nSPS) is 17.5. The molecule has 2 aromatic heterocycles. The first-order valence-corrected chi connectivity index (χ1v) is 9.86. The Kier molecular flexibility index (Phi) is 4.30. The molecule has 2 N–H and O–H groups in total. The highest BCUT2D eigenvalue weighted by Crippen LogP contribution is 2.39. The summed E-state index contributed by atoms with van der Waals surface area (Å²) < 4.78 is 1.85. The number of hydrogen-bond donors (Lipinski definition) is 2. The van der Waals surface area contributed by atoms with Gasteiger partial charge in [-0.15, -0.1) is 0 Å². The summed E-state index contributed by atoms with van der Waals surface area (Å²) in [5, 5.41) is 13.1. The molecule has 27 heavy (non-hydrogen) atoms. The van der Waals surface area contributed by atoms with E-state index < -0.39 is 0 Å². The van der Waals surface area contributed by atoms with Crippen LogP contribution in [0.4, 0.5) is 17.3 Å². The largest absolute Gasteiger partial charge is 0.368 e. The number of anilines is 3. The van der Waals surface area contributed by atoms with Gasteiger partial charge >= 0.3 is 0 Å². The number of nitrogens with zero attached hydrogens (tertiary/aromatic N) is 5. The predicted octanol–water partition coefficient (Wildman–Crippen LogP) is 3.62. The smallest absolute Gasteiger partial charge is 0.227 e. The molecule has 7 nitrogen and oxygen atoms in total. The van der Waals surface area contributed by atoms with Gasteiger partial charge in [-0.1, -0.05) is 23.2 Å². The maximum Gasteiger partial charge on any atom is 0.227 e. The van der Waals surface area contributed by atoms with Crippen molar-refractivity contribution in [3.63, 3.8) is 0 Å². The van der Waals surface area contributed by atoms with Gasteiger partial charge in [-0.05, 0) is 25.0 Å². The summed E-state index contributed by atoms with van der Waals surface area (Å²) in [5.41, 5.74) is 2.57. The molecule has 1 aliphatic heterocycles. The van der Waals surface area contributed by atoms with E-state index in [1.54, 1.807) is 12.4 Å². The zero-order valence-electron chi connectivity index (χ0n) is 14.6. The van der Waals surface area contributed by atoms with Gasteiger partial charge in [0.15, 0.2) is 5.15 Å². The molecule has 1 saturated heterocycles. The summed E-state index contributed by atoms with van der Waals surface area (Å²) >= 11 is 12.9. The van der Waals surface area contributed by atoms with Gasteiger partial charge < -0.3 is 15.5 Å². The number of nitrogens with one attached hydrogen (secondary N) is 2. The minimum atomic E-state index is 0.425. The lowest BCUT2D eigenvalue weighted by Gasteiger charge is -2.30. The van der Waals surface area contributed by atoms with Crippen LogP contribution >= 0.6 is 23.2 Å². The highest BCUT2D eigenvalue weighted by atomic mass is 35.5. The summed E-state index contributed by atoms with van der Waals surface area (Å²) in [6.45, 7) is 3.76. The van der Waals surface area contributed by atoms with E-state index in [2.05, 4.69) is 30.6 Å². The average Bonchev–Trinajstić information content (AvgIpc) is 3.47. The molecule has 3 heterocycles. The first kappa shape index (κ1) is 17.0. The second kappa shape index (κ2) is 6.82. The Morgan fingerprint density at radius 1 is 1.11 bits per heavy atom. The van der Waals surface area contributed by atoms with Crippen molar-refractivity contribution in [3.8, 4) is 0 Å². The standard InChI is InChI=1S/C18H19Cl2N7/c19-13-7-11-9-22-18(25-15-10-23-27(17(15)20)12-1-2-12)24-14(11)8-16(13)26-5-3-21-4-6-26/h7-10,12,21H,1-6H2,(H,22,24,25). The van der Waals surface area contributed by atoms with E-state index in [1.165, 1.54) is 0 Å². The molecule has 140 valence electrons. The monoisotopic (exact) mass is 403 g/mol. The Bertz CT molecular complexity index is 993. The van der Waals surface area contributed by atoms with Crippen LogP contribution in [0.5, 0.6) is 0 Å². The number of piperazine rings is 1. The molecule has 0 atom stereocenters. The van der Waals surface area contributed by atoms with E-state index in [9.17, 15) is 0 Å². The lowest BCUT2D eigenvalue weighted by Crippen LogP contribution is -2.43. The SMILES string of the molecule is Clc1cc2cnc(Nc3cnn(C4CC4)c3Cl)nc2cc1N1CCNCC1. The van der Waals surface area contributed by atoms with E-state index in [-0.39, 0.29) is 0 Å². The van der Waals surface area contributed by atoms with Crippen LogP contribution in [0.2, 0.25) is 10.2 Å². The second-order valence-electron chi connectivity index (χ2n) is 6.94. The van der Waals surface area contributed by atoms with E-state index >= 15 is 0 Å². The molecular weight excluding hydrogens is 385 g/mol. The summed E-state index contributed by atoms with van der Waals surface area (Å²) in [6, 6.07) is 4.38. The van der Waals surface area contributed by atoms with E-state index in [0.717, 1.165) is 66.3 Å². The zero-order valence-corrected chi connectivity index (χ0v) is 16.1. The van der Waals surface area contributed by atoms with Crippen LogP contribution in [0.25, 0.3) is 10.9 Å². The highest BCUT2D eigenvalue weighted by molar-refractivity contribution is 6.34. The molecule has 9 heteroatoms. The molecule has 3 aromatic rings. The molecular formula is C18H19Cl2N7. The second-order valence-corrected chi connectivity index (χ2v) is 7.71. The topological polar surface area (TPSA) is 70.9 Å². The zero-order chi connectivity index (χ0) is 18.4. The van der Waals surface area contributed by atoms with Crippen LogP contribution in [0.15, 0.2) is 24.5 Å². The molecule has 0 amide bonds. The van der Waals surface area contributed by atoms with Gasteiger partial charge in [0.25, 0.3) is 0 Å². The first-order valence-electron chi connectivity index (χ1n) is 9.11. The van der Waals surface area contributed by atoms with Gasteiger partial charge in [0, 0.05) is 37.8 Å². The Morgan fingerprint density at radius 3 is 2.70 bits per heavy atom. The number of fused-ring (bicyclic) bond motifs is 1. The third-order valence-corrected chi connectivity index (χ3v) is 5.66. The Labute approximate surface area is 166 Å². The fraction of sp³-hybridized carbons (Fsp3) is 0.389. The summed E-state index contributed by atoms with van der Waals surface area (Å²) in [7, 11) is 0. The lowest BCUT2D eigenvalue weighted by molar-refractivity contribution is 0.589. The number of rotatable bonds is 4. The molecule has 1 saturated carbocycles. The van der Waals surface area contributed by atoms with Crippen molar-refractivity contribution in [1.82, 2.24) is 25.1 Å². The van der Waals surface area contributed by atoms with Crippen molar-refractivity contribution in [3.05, 3.63) is 34.7 Å². The quantitative estimate of drug-likeness (QED) is 0.692. The van der Waals surface area contributed by atoms with Crippen molar-refractivity contribution in [2.45, 2.75) is 18.9 Å². The first-order chi connectivity index (χ1) is 13.2. The van der Waals surface area contributed by atoms with Crippen LogP contribution in [-0.4, -0.2) is 45.9 Å². The summed E-state index contributed by atoms with van der Waals surface area (Å²) in [6.07, 6.45) is 5.76. The van der Waals surface area contributed by atoms with E-state index in [0.29, 0.717) is 17.1 Å². The fourth-order valence-electron chi connectivity index (χ4n) is 3.37. The van der Waals surface area contributed by atoms with Gasteiger partial charge in [0.2, 0.25) is 5.95 Å². The van der Waals surface area contributed by atoms with Gasteiger partial charge in [0.05, 0.1) is 34.2 Å². The minimum absolute atomic E-state index is 0.425. The Balaban J connectivity index is 1.46. The maximum atomic E-state index is 6.50. The summed E-state index contributed by atoms with van der Waals surface area (Å²) in [4.78, 5) is 11.3. The van der Waals surface area contributed by atoms with Crippen molar-refractivity contribution in [2.75, 3.05) is 36.4 Å². The summed E-state index contributed by atoms with van der Waals surface area (Å²) in [5.74, 6) is 0.494. The molecule has 0 bridgehead atoms. The van der Waals surface area contributed by atoms with Crippen LogP contribution in [-0.2, 0) is 0 Å². The van der Waals surface area contributed by atoms with E-state index in [4.69, 9.17) is 23.2 Å². The third kappa shape index (κ3) is 3.31. The number of benzene rings is 1. The van der Waals surface area contributed by atoms with Crippen LogP contribution in [0.3, 0.4) is 0 Å². The molecule has 5 rings (SSSR count). The van der Waals surface area contributed by atoms with Gasteiger partial charge in [0.1, 0.15) is 0 Å². The molecule has 2 fully saturated rings. The van der Waals surface area contributed by atoms with Gasteiger partial charge in [-0.2, -0.15) is 5.10 Å². The van der Waals surface area contributed by atoms with Gasteiger partial charge in [-0.25, -0.2) is 14.6 Å². The van der Waals surface area contributed by atoms with Crippen molar-refractivity contribution >= 4 is 51.4 Å². The van der Waals surface area contributed by atoms with Crippen LogP contribution < -0.4 is 15.5 Å². The molecule has 0 radical (unpaired) electrons. The van der Waals surface area contributed by atoms with Gasteiger partial charge in [-0.3, -0.25) is 0 Å². The highest BCUT2D eigenvalue weighted by Gasteiger charge is 2.27. The molecule has 0 spiro atoms. The van der Waals surface area contributed by atoms with Crippen molar-refractivity contribution in [2.24, 2.45) is 0 Å². The van der Waals surface area contributed by atoms with E-state index in [1.807, 2.05) is 16.8 Å². The molecule has 2 aliphatic rings. The van der Waals surface area contributed by atoms with Crippen LogP contribution in [0.1, 0.15) is 18.9 Å².